The molecule has 1 fully saturated rings. The van der Waals surface area contributed by atoms with Crippen molar-refractivity contribution in [2.24, 2.45) is 11.1 Å². The highest BCUT2D eigenvalue weighted by Gasteiger charge is 2.43. The minimum atomic E-state index is -0.294. The number of hydrogen-bond donors (Lipinski definition) is 2. The van der Waals surface area contributed by atoms with Crippen LogP contribution >= 0.6 is 0 Å². The SMILES string of the molecule is CCC(NC(=O)C1(CN)CCC1)c1ccc(C)cc1. The summed E-state index contributed by atoms with van der Waals surface area (Å²) in [5, 5.41) is 3.18. The molecule has 1 aromatic rings. The largest absolute Gasteiger partial charge is 0.349 e. The van der Waals surface area contributed by atoms with E-state index in [9.17, 15) is 4.79 Å². The second kappa shape index (κ2) is 5.74. The van der Waals surface area contributed by atoms with E-state index in [-0.39, 0.29) is 17.4 Å². The van der Waals surface area contributed by atoms with Gasteiger partial charge in [0.2, 0.25) is 5.91 Å². The van der Waals surface area contributed by atoms with Gasteiger partial charge in [-0.05, 0) is 31.7 Å². The summed E-state index contributed by atoms with van der Waals surface area (Å²) in [6.07, 6.45) is 3.88. The second-order valence-corrected chi connectivity index (χ2v) is 5.68. The number of nitrogens with one attached hydrogen (secondary N) is 1. The van der Waals surface area contributed by atoms with Gasteiger partial charge in [0.15, 0.2) is 0 Å². The van der Waals surface area contributed by atoms with E-state index in [2.05, 4.69) is 43.4 Å². The molecule has 0 heterocycles. The lowest BCUT2D eigenvalue weighted by atomic mass is 9.68. The van der Waals surface area contributed by atoms with E-state index in [1.54, 1.807) is 0 Å². The van der Waals surface area contributed by atoms with E-state index in [0.29, 0.717) is 6.54 Å². The van der Waals surface area contributed by atoms with Crippen LogP contribution in [0.2, 0.25) is 0 Å². The van der Waals surface area contributed by atoms with E-state index < -0.39 is 0 Å². The molecule has 2 rings (SSSR count). The predicted molar refractivity (Wildman–Crippen MR) is 77.7 cm³/mol. The van der Waals surface area contributed by atoms with Crippen molar-refractivity contribution in [3.63, 3.8) is 0 Å². The molecule has 0 aliphatic heterocycles. The quantitative estimate of drug-likeness (QED) is 0.855. The molecule has 104 valence electrons. The van der Waals surface area contributed by atoms with Crippen LogP contribution in [-0.4, -0.2) is 12.5 Å². The van der Waals surface area contributed by atoms with E-state index in [1.165, 1.54) is 11.1 Å². The van der Waals surface area contributed by atoms with Crippen LogP contribution < -0.4 is 11.1 Å². The molecule has 0 spiro atoms. The molecule has 0 bridgehead atoms. The zero-order chi connectivity index (χ0) is 13.9. The summed E-state index contributed by atoms with van der Waals surface area (Å²) in [7, 11) is 0. The standard InChI is InChI=1S/C16H24N2O/c1-3-14(13-7-5-12(2)6-8-13)18-15(19)16(11-17)9-4-10-16/h5-8,14H,3-4,9-11,17H2,1-2H3,(H,18,19). The van der Waals surface area contributed by atoms with E-state index in [1.807, 2.05) is 0 Å². The van der Waals surface area contributed by atoms with Gasteiger partial charge < -0.3 is 11.1 Å². The van der Waals surface area contributed by atoms with Gasteiger partial charge >= 0.3 is 0 Å². The van der Waals surface area contributed by atoms with Gasteiger partial charge in [-0.3, -0.25) is 4.79 Å². The van der Waals surface area contributed by atoms with Gasteiger partial charge in [-0.25, -0.2) is 0 Å². The average molecular weight is 260 g/mol. The van der Waals surface area contributed by atoms with Crippen molar-refractivity contribution in [2.45, 2.75) is 45.6 Å². The first kappa shape index (κ1) is 14.1. The smallest absolute Gasteiger partial charge is 0.227 e. The van der Waals surface area contributed by atoms with Crippen molar-refractivity contribution in [2.75, 3.05) is 6.54 Å². The Hall–Kier alpha value is -1.35. The van der Waals surface area contributed by atoms with Crippen molar-refractivity contribution in [1.82, 2.24) is 5.32 Å². The lowest BCUT2D eigenvalue weighted by molar-refractivity contribution is -0.136. The van der Waals surface area contributed by atoms with Crippen LogP contribution in [0.5, 0.6) is 0 Å². The Bertz CT molecular complexity index is 429. The molecule has 0 aromatic heterocycles. The molecule has 1 unspecified atom stereocenters. The number of carbonyl (C=O) groups is 1. The van der Waals surface area contributed by atoms with Crippen LogP contribution in [0.25, 0.3) is 0 Å². The number of nitrogens with two attached hydrogens (primary N) is 1. The summed E-state index contributed by atoms with van der Waals surface area (Å²) >= 11 is 0. The molecule has 1 saturated carbocycles. The maximum absolute atomic E-state index is 12.4. The average Bonchev–Trinajstić information content (AvgIpc) is 2.36. The fraction of sp³-hybridized carbons (Fsp3) is 0.562. The number of rotatable bonds is 5. The van der Waals surface area contributed by atoms with Crippen LogP contribution in [0.3, 0.4) is 0 Å². The Morgan fingerprint density at radius 2 is 2.00 bits per heavy atom. The van der Waals surface area contributed by atoms with Crippen LogP contribution in [-0.2, 0) is 4.79 Å². The van der Waals surface area contributed by atoms with Crippen molar-refractivity contribution in [1.29, 1.82) is 0 Å². The van der Waals surface area contributed by atoms with E-state index in [0.717, 1.165) is 25.7 Å². The molecule has 0 saturated heterocycles. The normalized spacial score (nSPS) is 18.5. The van der Waals surface area contributed by atoms with Crippen molar-refractivity contribution < 1.29 is 4.79 Å². The monoisotopic (exact) mass is 260 g/mol. The highest BCUT2D eigenvalue weighted by atomic mass is 16.2. The van der Waals surface area contributed by atoms with Crippen LogP contribution in [0, 0.1) is 12.3 Å². The zero-order valence-electron chi connectivity index (χ0n) is 11.9. The third kappa shape index (κ3) is 2.81. The minimum absolute atomic E-state index is 0.0946. The number of benzene rings is 1. The molecular formula is C16H24N2O. The minimum Gasteiger partial charge on any atom is -0.349 e. The Balaban J connectivity index is 2.07. The Morgan fingerprint density at radius 1 is 1.37 bits per heavy atom. The summed E-state index contributed by atoms with van der Waals surface area (Å²) in [5.41, 5.74) is 7.90. The molecule has 3 N–H and O–H groups in total. The van der Waals surface area contributed by atoms with Crippen LogP contribution in [0.15, 0.2) is 24.3 Å². The number of hydrogen-bond acceptors (Lipinski definition) is 2. The second-order valence-electron chi connectivity index (χ2n) is 5.68. The lowest BCUT2D eigenvalue weighted by Gasteiger charge is -2.40. The first-order valence-electron chi connectivity index (χ1n) is 7.19. The summed E-state index contributed by atoms with van der Waals surface area (Å²) in [4.78, 5) is 12.4. The summed E-state index contributed by atoms with van der Waals surface area (Å²) < 4.78 is 0. The first-order valence-corrected chi connectivity index (χ1v) is 7.19. The van der Waals surface area contributed by atoms with E-state index >= 15 is 0 Å². The molecule has 3 heteroatoms. The summed E-state index contributed by atoms with van der Waals surface area (Å²) in [6.45, 7) is 4.63. The molecular weight excluding hydrogens is 236 g/mol. The van der Waals surface area contributed by atoms with Gasteiger partial charge in [0, 0.05) is 6.54 Å². The van der Waals surface area contributed by atoms with Gasteiger partial charge in [0.25, 0.3) is 0 Å². The lowest BCUT2D eigenvalue weighted by Crippen LogP contribution is -2.51. The number of carbonyl (C=O) groups excluding carboxylic acids is 1. The van der Waals surface area contributed by atoms with E-state index in [4.69, 9.17) is 5.73 Å². The molecule has 3 nitrogen and oxygen atoms in total. The summed E-state index contributed by atoms with van der Waals surface area (Å²) in [5.74, 6) is 0.133. The predicted octanol–water partition coefficient (Wildman–Crippen LogP) is 2.69. The van der Waals surface area contributed by atoms with Crippen molar-refractivity contribution in [3.8, 4) is 0 Å². The van der Waals surface area contributed by atoms with Gasteiger partial charge in [-0.2, -0.15) is 0 Å². The molecule has 1 aliphatic carbocycles. The van der Waals surface area contributed by atoms with Gasteiger partial charge in [0.1, 0.15) is 0 Å². The first-order chi connectivity index (χ1) is 9.11. The molecule has 1 amide bonds. The maximum Gasteiger partial charge on any atom is 0.227 e. The molecule has 19 heavy (non-hydrogen) atoms. The Morgan fingerprint density at radius 3 is 2.42 bits per heavy atom. The molecule has 1 aliphatic rings. The Kier molecular flexibility index (Phi) is 4.25. The fourth-order valence-electron chi connectivity index (χ4n) is 2.66. The molecule has 0 radical (unpaired) electrons. The van der Waals surface area contributed by atoms with Crippen molar-refractivity contribution >= 4 is 5.91 Å². The highest BCUT2D eigenvalue weighted by molar-refractivity contribution is 5.84. The number of amides is 1. The van der Waals surface area contributed by atoms with Crippen LogP contribution in [0.1, 0.15) is 49.8 Å². The Labute approximate surface area is 115 Å². The van der Waals surface area contributed by atoms with Crippen LogP contribution in [0.4, 0.5) is 0 Å². The highest BCUT2D eigenvalue weighted by Crippen LogP contribution is 2.40. The van der Waals surface area contributed by atoms with Gasteiger partial charge in [-0.1, -0.05) is 43.2 Å². The number of aryl methyl sites for hydroxylation is 1. The van der Waals surface area contributed by atoms with Crippen molar-refractivity contribution in [3.05, 3.63) is 35.4 Å². The maximum atomic E-state index is 12.4. The van der Waals surface area contributed by atoms with Gasteiger partial charge in [0.05, 0.1) is 11.5 Å². The topological polar surface area (TPSA) is 55.1 Å². The molecule has 1 atom stereocenters. The third-order valence-electron chi connectivity index (χ3n) is 4.38. The zero-order valence-corrected chi connectivity index (χ0v) is 11.9. The summed E-state index contributed by atoms with van der Waals surface area (Å²) in [6, 6.07) is 8.47. The van der Waals surface area contributed by atoms with Gasteiger partial charge in [-0.15, -0.1) is 0 Å². The molecule has 1 aromatic carbocycles. The third-order valence-corrected chi connectivity index (χ3v) is 4.38. The fourth-order valence-corrected chi connectivity index (χ4v) is 2.66.